The molecule has 0 spiro atoms. The Balaban J connectivity index is 1.55. The van der Waals surface area contributed by atoms with Crippen molar-refractivity contribution >= 4 is 5.91 Å². The van der Waals surface area contributed by atoms with Gasteiger partial charge in [0.15, 0.2) is 0 Å². The van der Waals surface area contributed by atoms with Gasteiger partial charge >= 0.3 is 0 Å². The molecule has 1 aromatic heterocycles. The minimum atomic E-state index is -0.222. The summed E-state index contributed by atoms with van der Waals surface area (Å²) in [6, 6.07) is 19.2. The lowest BCUT2D eigenvalue weighted by Gasteiger charge is -2.10. The maximum absolute atomic E-state index is 12.3. The summed E-state index contributed by atoms with van der Waals surface area (Å²) in [4.78, 5) is 16.3. The molecule has 0 aliphatic carbocycles. The molecule has 2 aromatic carbocycles. The molecule has 0 unspecified atom stereocenters. The summed E-state index contributed by atoms with van der Waals surface area (Å²) < 4.78 is 11.0. The Labute approximate surface area is 159 Å². The van der Waals surface area contributed by atoms with Crippen LogP contribution in [0, 0.1) is 6.92 Å². The first kappa shape index (κ1) is 18.5. The summed E-state index contributed by atoms with van der Waals surface area (Å²) in [6.45, 7) is 3.01. The van der Waals surface area contributed by atoms with Crippen molar-refractivity contribution in [2.24, 2.45) is 0 Å². The van der Waals surface area contributed by atoms with E-state index in [1.165, 1.54) is 18.2 Å². The Morgan fingerprint density at radius 3 is 2.56 bits per heavy atom. The van der Waals surface area contributed by atoms with E-state index in [0.717, 1.165) is 11.3 Å². The van der Waals surface area contributed by atoms with Crippen LogP contribution in [0.5, 0.6) is 11.6 Å². The molecule has 0 fully saturated rings. The summed E-state index contributed by atoms with van der Waals surface area (Å²) in [7, 11) is 1.49. The van der Waals surface area contributed by atoms with Crippen LogP contribution in [0.4, 0.5) is 0 Å². The van der Waals surface area contributed by atoms with Crippen LogP contribution < -0.4 is 14.8 Å². The number of amides is 1. The van der Waals surface area contributed by atoms with Gasteiger partial charge in [0.05, 0.1) is 7.11 Å². The van der Waals surface area contributed by atoms with E-state index >= 15 is 0 Å². The van der Waals surface area contributed by atoms with E-state index in [-0.39, 0.29) is 5.91 Å². The Morgan fingerprint density at radius 2 is 1.81 bits per heavy atom. The van der Waals surface area contributed by atoms with Gasteiger partial charge in [0, 0.05) is 12.7 Å². The van der Waals surface area contributed by atoms with Crippen molar-refractivity contribution in [2.45, 2.75) is 20.1 Å². The van der Waals surface area contributed by atoms with Gasteiger partial charge in [-0.3, -0.25) is 4.79 Å². The number of rotatable bonds is 7. The number of aryl methyl sites for hydroxylation is 1. The molecule has 3 rings (SSSR count). The van der Waals surface area contributed by atoms with Gasteiger partial charge in [0.1, 0.15) is 17.9 Å². The Morgan fingerprint density at radius 1 is 1.04 bits per heavy atom. The topological polar surface area (TPSA) is 60.5 Å². The number of nitrogens with one attached hydrogen (secondary N) is 1. The summed E-state index contributed by atoms with van der Waals surface area (Å²) in [5, 5.41) is 2.87. The molecule has 138 valence electrons. The minimum Gasteiger partial charge on any atom is -0.489 e. The van der Waals surface area contributed by atoms with E-state index in [1.807, 2.05) is 36.4 Å². The number of aromatic nitrogens is 1. The summed E-state index contributed by atoms with van der Waals surface area (Å²) in [5.41, 5.74) is 3.77. The largest absolute Gasteiger partial charge is 0.489 e. The quantitative estimate of drug-likeness (QED) is 0.692. The lowest BCUT2D eigenvalue weighted by Crippen LogP contribution is -2.23. The number of hydrogen-bond acceptors (Lipinski definition) is 4. The van der Waals surface area contributed by atoms with E-state index < -0.39 is 0 Å². The van der Waals surface area contributed by atoms with Crippen molar-refractivity contribution in [1.82, 2.24) is 10.3 Å². The molecule has 27 heavy (non-hydrogen) atoms. The maximum Gasteiger partial charge on any atom is 0.257 e. The van der Waals surface area contributed by atoms with E-state index in [4.69, 9.17) is 9.47 Å². The third-order valence-electron chi connectivity index (χ3n) is 4.24. The van der Waals surface area contributed by atoms with Gasteiger partial charge in [-0.05, 0) is 47.9 Å². The van der Waals surface area contributed by atoms with E-state index in [1.54, 1.807) is 18.3 Å². The van der Waals surface area contributed by atoms with Crippen molar-refractivity contribution < 1.29 is 14.3 Å². The molecule has 0 aliphatic heterocycles. The predicted octanol–water partition coefficient (Wildman–Crippen LogP) is 3.91. The highest BCUT2D eigenvalue weighted by atomic mass is 16.5. The second-order valence-electron chi connectivity index (χ2n) is 6.10. The van der Waals surface area contributed by atoms with Crippen molar-refractivity contribution in [3.05, 3.63) is 89.1 Å². The van der Waals surface area contributed by atoms with Crippen LogP contribution in [-0.4, -0.2) is 18.0 Å². The number of hydrogen-bond donors (Lipinski definition) is 1. The third-order valence-corrected chi connectivity index (χ3v) is 4.24. The fraction of sp³-hybridized carbons (Fsp3) is 0.182. The number of pyridine rings is 1. The molecule has 1 N–H and O–H groups in total. The first-order valence-electron chi connectivity index (χ1n) is 8.71. The maximum atomic E-state index is 12.3. The van der Waals surface area contributed by atoms with Crippen molar-refractivity contribution in [3.8, 4) is 11.6 Å². The second-order valence-corrected chi connectivity index (χ2v) is 6.10. The van der Waals surface area contributed by atoms with E-state index in [0.29, 0.717) is 24.6 Å². The second kappa shape index (κ2) is 8.85. The highest BCUT2D eigenvalue weighted by Crippen LogP contribution is 2.17. The van der Waals surface area contributed by atoms with E-state index in [9.17, 15) is 4.79 Å². The number of nitrogens with zero attached hydrogens (tertiary/aromatic N) is 1. The first-order chi connectivity index (χ1) is 13.2. The molecule has 3 aromatic rings. The van der Waals surface area contributed by atoms with Crippen molar-refractivity contribution in [2.75, 3.05) is 7.11 Å². The number of carbonyl (C=O) groups excluding carboxylic acids is 1. The van der Waals surface area contributed by atoms with Gasteiger partial charge in [0.25, 0.3) is 5.91 Å². The molecular formula is C22H22N2O3. The highest BCUT2D eigenvalue weighted by molar-refractivity contribution is 5.96. The number of methoxy groups -OCH3 is 1. The predicted molar refractivity (Wildman–Crippen MR) is 104 cm³/mol. The SMILES string of the molecule is COc1ncccc1C(=O)NCc1ccc(OCc2ccccc2C)cc1. The molecule has 0 saturated carbocycles. The normalized spacial score (nSPS) is 10.3. The van der Waals surface area contributed by atoms with Crippen LogP contribution in [0.2, 0.25) is 0 Å². The van der Waals surface area contributed by atoms with E-state index in [2.05, 4.69) is 29.4 Å². The lowest BCUT2D eigenvalue weighted by molar-refractivity contribution is 0.0947. The van der Waals surface area contributed by atoms with Gasteiger partial charge in [-0.2, -0.15) is 0 Å². The van der Waals surface area contributed by atoms with Crippen LogP contribution in [0.15, 0.2) is 66.9 Å². The van der Waals surface area contributed by atoms with Crippen LogP contribution in [0.1, 0.15) is 27.0 Å². The molecule has 0 aliphatic rings. The zero-order valence-corrected chi connectivity index (χ0v) is 15.4. The smallest absolute Gasteiger partial charge is 0.257 e. The van der Waals surface area contributed by atoms with Crippen LogP contribution in [-0.2, 0) is 13.2 Å². The van der Waals surface area contributed by atoms with Gasteiger partial charge in [-0.1, -0.05) is 36.4 Å². The highest BCUT2D eigenvalue weighted by Gasteiger charge is 2.12. The lowest BCUT2D eigenvalue weighted by atomic mass is 10.1. The molecular weight excluding hydrogens is 340 g/mol. The molecule has 0 atom stereocenters. The summed E-state index contributed by atoms with van der Waals surface area (Å²) in [5.74, 6) is 0.886. The molecule has 1 amide bonds. The van der Waals surface area contributed by atoms with Crippen LogP contribution in [0.25, 0.3) is 0 Å². The summed E-state index contributed by atoms with van der Waals surface area (Å²) >= 11 is 0. The monoisotopic (exact) mass is 362 g/mol. The van der Waals surface area contributed by atoms with Gasteiger partial charge in [0.2, 0.25) is 5.88 Å². The average Bonchev–Trinajstić information content (AvgIpc) is 2.72. The fourth-order valence-electron chi connectivity index (χ4n) is 2.64. The molecule has 0 bridgehead atoms. The van der Waals surface area contributed by atoms with Crippen molar-refractivity contribution in [1.29, 1.82) is 0 Å². The number of ether oxygens (including phenoxy) is 2. The van der Waals surface area contributed by atoms with Gasteiger partial charge in [-0.15, -0.1) is 0 Å². The molecule has 5 heteroatoms. The Kier molecular flexibility index (Phi) is 6.05. The number of carbonyl (C=O) groups is 1. The molecule has 1 heterocycles. The fourth-order valence-corrected chi connectivity index (χ4v) is 2.64. The van der Waals surface area contributed by atoms with Crippen molar-refractivity contribution in [3.63, 3.8) is 0 Å². The Hall–Kier alpha value is -3.34. The Bertz CT molecular complexity index is 907. The zero-order chi connectivity index (χ0) is 19.1. The summed E-state index contributed by atoms with van der Waals surface area (Å²) in [6.07, 6.45) is 1.59. The number of benzene rings is 2. The zero-order valence-electron chi connectivity index (χ0n) is 15.4. The van der Waals surface area contributed by atoms with Crippen LogP contribution in [0.3, 0.4) is 0 Å². The molecule has 5 nitrogen and oxygen atoms in total. The molecule has 0 saturated heterocycles. The average molecular weight is 362 g/mol. The minimum absolute atomic E-state index is 0.222. The standard InChI is InChI=1S/C22H22N2O3/c1-16-6-3-4-7-18(16)15-27-19-11-9-17(10-12-19)14-24-21(25)20-8-5-13-23-22(20)26-2/h3-13H,14-15H2,1-2H3,(H,24,25). The molecule has 0 radical (unpaired) electrons. The first-order valence-corrected chi connectivity index (χ1v) is 8.71. The third kappa shape index (κ3) is 4.85. The van der Waals surface area contributed by atoms with Gasteiger partial charge < -0.3 is 14.8 Å². The van der Waals surface area contributed by atoms with Crippen LogP contribution >= 0.6 is 0 Å². The van der Waals surface area contributed by atoms with Gasteiger partial charge in [-0.25, -0.2) is 4.98 Å².